The van der Waals surface area contributed by atoms with E-state index in [0.717, 1.165) is 30.5 Å². The van der Waals surface area contributed by atoms with Crippen LogP contribution in [0.1, 0.15) is 64.5 Å². The molecule has 1 unspecified atom stereocenters. The molecule has 0 aliphatic rings. The molecule has 0 aliphatic heterocycles. The van der Waals surface area contributed by atoms with Gasteiger partial charge in [-0.1, -0.05) is 118 Å². The number of halogens is 1. The van der Waals surface area contributed by atoms with E-state index in [4.69, 9.17) is 9.16 Å². The molecule has 0 spiro atoms. The molecule has 2 aromatic carbocycles. The van der Waals surface area contributed by atoms with Crippen molar-refractivity contribution in [2.24, 2.45) is 5.41 Å². The van der Waals surface area contributed by atoms with Crippen LogP contribution in [0.2, 0.25) is 18.1 Å². The molecule has 2 nitrogen and oxygen atoms in total. The highest BCUT2D eigenvalue weighted by Crippen LogP contribution is 2.45. The van der Waals surface area contributed by atoms with Crippen LogP contribution in [0.3, 0.4) is 0 Å². The Morgan fingerprint density at radius 1 is 0.812 bits per heavy atom. The molecule has 1 atom stereocenters. The minimum atomic E-state index is -1.75. The smallest absolute Gasteiger partial charge is 0.191 e. The van der Waals surface area contributed by atoms with Crippen LogP contribution in [0.5, 0.6) is 0 Å². The third-order valence-electron chi connectivity index (χ3n) is 6.94. The summed E-state index contributed by atoms with van der Waals surface area (Å²) in [5, 5.41) is 0.233. The molecule has 0 heterocycles. The average Bonchev–Trinajstić information content (AvgIpc) is 2.72. The topological polar surface area (TPSA) is 18.5 Å². The van der Waals surface area contributed by atoms with E-state index in [2.05, 4.69) is 131 Å². The van der Waals surface area contributed by atoms with Gasteiger partial charge >= 0.3 is 0 Å². The van der Waals surface area contributed by atoms with Crippen LogP contribution < -0.4 is 0 Å². The van der Waals surface area contributed by atoms with Gasteiger partial charge in [-0.25, -0.2) is 0 Å². The van der Waals surface area contributed by atoms with E-state index in [0.29, 0.717) is 5.92 Å². The van der Waals surface area contributed by atoms with Crippen molar-refractivity contribution >= 4 is 30.9 Å². The van der Waals surface area contributed by atoms with Crippen molar-refractivity contribution in [1.29, 1.82) is 0 Å². The summed E-state index contributed by atoms with van der Waals surface area (Å²) in [6.07, 6.45) is 2.14. The van der Waals surface area contributed by atoms with Crippen LogP contribution in [0.15, 0.2) is 60.7 Å². The second-order valence-electron chi connectivity index (χ2n) is 11.0. The summed E-state index contributed by atoms with van der Waals surface area (Å²) in [4.78, 5) is 0. The Morgan fingerprint density at radius 3 is 1.75 bits per heavy atom. The third-order valence-corrected chi connectivity index (χ3v) is 11.9. The first-order valence-electron chi connectivity index (χ1n) is 11.9. The van der Waals surface area contributed by atoms with Crippen molar-refractivity contribution in [3.05, 3.63) is 71.8 Å². The molecular weight excluding hydrogens is 523 g/mol. The molecule has 0 fully saturated rings. The third kappa shape index (κ3) is 7.96. The molecular formula is C28H43IO2Si. The van der Waals surface area contributed by atoms with E-state index in [1.54, 1.807) is 0 Å². The first-order valence-corrected chi connectivity index (χ1v) is 16.3. The maximum absolute atomic E-state index is 6.51. The van der Waals surface area contributed by atoms with E-state index < -0.39 is 8.32 Å². The van der Waals surface area contributed by atoms with E-state index >= 15 is 0 Å². The van der Waals surface area contributed by atoms with Gasteiger partial charge in [0.25, 0.3) is 0 Å². The van der Waals surface area contributed by atoms with Crippen molar-refractivity contribution in [2.45, 2.75) is 77.6 Å². The number of alkyl halides is 1. The van der Waals surface area contributed by atoms with E-state index in [1.165, 1.54) is 11.1 Å². The molecule has 0 aliphatic carbocycles. The second kappa shape index (κ2) is 12.1. The van der Waals surface area contributed by atoms with Crippen LogP contribution in [0.4, 0.5) is 0 Å². The molecule has 178 valence electrons. The van der Waals surface area contributed by atoms with Gasteiger partial charge in [-0.05, 0) is 47.5 Å². The quantitative estimate of drug-likeness (QED) is 0.146. The summed E-state index contributed by atoms with van der Waals surface area (Å²) in [6, 6.07) is 21.9. The molecule has 0 N–H and O–H groups in total. The number of ether oxygens (including phenoxy) is 1. The predicted octanol–water partition coefficient (Wildman–Crippen LogP) is 8.47. The zero-order chi connectivity index (χ0) is 23.8. The van der Waals surface area contributed by atoms with Gasteiger partial charge in [0, 0.05) is 17.0 Å². The van der Waals surface area contributed by atoms with Crippen LogP contribution >= 0.6 is 22.6 Å². The SMILES string of the molecule is CC(C)(CC(CCO[Si](C)(C)C(C)(C)C)OCCI)C(c1ccccc1)c1ccccc1. The van der Waals surface area contributed by atoms with Gasteiger partial charge in [0.05, 0.1) is 12.7 Å². The van der Waals surface area contributed by atoms with Gasteiger partial charge in [0.15, 0.2) is 8.32 Å². The summed E-state index contributed by atoms with van der Waals surface area (Å²) in [5.74, 6) is 0.317. The lowest BCUT2D eigenvalue weighted by molar-refractivity contribution is 0.0145. The highest BCUT2D eigenvalue weighted by molar-refractivity contribution is 14.1. The number of hydrogen-bond acceptors (Lipinski definition) is 2. The molecule has 32 heavy (non-hydrogen) atoms. The lowest BCUT2D eigenvalue weighted by Crippen LogP contribution is -2.41. The summed E-state index contributed by atoms with van der Waals surface area (Å²) in [6.45, 7) is 17.9. The standard InChI is InChI=1S/C28H43IO2Si/c1-27(2,3)32(6,7)31-20-18-25(30-21-19-29)22-28(4,5)26(23-14-10-8-11-15-23)24-16-12-9-13-17-24/h8-17,25-26H,18-22H2,1-7H3. The van der Waals surface area contributed by atoms with Crippen molar-refractivity contribution in [2.75, 3.05) is 17.6 Å². The van der Waals surface area contributed by atoms with Gasteiger partial charge in [0.2, 0.25) is 0 Å². The molecule has 0 aromatic heterocycles. The second-order valence-corrected chi connectivity index (χ2v) is 16.9. The Hall–Kier alpha value is -0.693. The monoisotopic (exact) mass is 566 g/mol. The number of hydrogen-bond donors (Lipinski definition) is 0. The highest BCUT2D eigenvalue weighted by Gasteiger charge is 2.38. The van der Waals surface area contributed by atoms with Crippen molar-refractivity contribution < 1.29 is 9.16 Å². The Balaban J connectivity index is 2.21. The fourth-order valence-corrected chi connectivity index (χ4v) is 5.52. The largest absolute Gasteiger partial charge is 0.417 e. The van der Waals surface area contributed by atoms with Gasteiger partial charge in [-0.15, -0.1) is 0 Å². The molecule has 0 radical (unpaired) electrons. The minimum Gasteiger partial charge on any atom is -0.417 e. The van der Waals surface area contributed by atoms with Gasteiger partial charge in [-0.3, -0.25) is 0 Å². The lowest BCUT2D eigenvalue weighted by atomic mass is 9.68. The molecule has 2 rings (SSSR count). The first-order chi connectivity index (χ1) is 15.0. The van der Waals surface area contributed by atoms with Gasteiger partial charge in [-0.2, -0.15) is 0 Å². The first kappa shape index (κ1) is 27.6. The van der Waals surface area contributed by atoms with Crippen molar-refractivity contribution in [3.8, 4) is 0 Å². The molecule has 0 bridgehead atoms. The van der Waals surface area contributed by atoms with E-state index in [-0.39, 0.29) is 16.6 Å². The van der Waals surface area contributed by atoms with E-state index in [1.807, 2.05) is 0 Å². The summed E-state index contributed by atoms with van der Waals surface area (Å²) in [5.41, 5.74) is 2.78. The van der Waals surface area contributed by atoms with Crippen molar-refractivity contribution in [1.82, 2.24) is 0 Å². The van der Waals surface area contributed by atoms with Crippen LogP contribution in [-0.2, 0) is 9.16 Å². The Labute approximate surface area is 211 Å². The van der Waals surface area contributed by atoms with E-state index in [9.17, 15) is 0 Å². The van der Waals surface area contributed by atoms with Crippen LogP contribution in [-0.4, -0.2) is 32.1 Å². The zero-order valence-corrected chi connectivity index (χ0v) is 24.3. The van der Waals surface area contributed by atoms with Crippen LogP contribution in [0, 0.1) is 5.41 Å². The summed E-state index contributed by atoms with van der Waals surface area (Å²) >= 11 is 2.40. The molecule has 0 saturated carbocycles. The Kier molecular flexibility index (Phi) is 10.5. The minimum absolute atomic E-state index is 0.0373. The summed E-state index contributed by atoms with van der Waals surface area (Å²) in [7, 11) is -1.75. The molecule has 4 heteroatoms. The zero-order valence-electron chi connectivity index (χ0n) is 21.2. The summed E-state index contributed by atoms with van der Waals surface area (Å²) < 4.78 is 13.9. The number of rotatable bonds is 12. The predicted molar refractivity (Wildman–Crippen MR) is 150 cm³/mol. The van der Waals surface area contributed by atoms with Gasteiger partial charge in [0.1, 0.15) is 0 Å². The molecule has 0 saturated heterocycles. The average molecular weight is 567 g/mol. The molecule has 2 aromatic rings. The normalized spacial score (nSPS) is 14.0. The fourth-order valence-electron chi connectivity index (χ4n) is 4.21. The highest BCUT2D eigenvalue weighted by atomic mass is 127. The van der Waals surface area contributed by atoms with Crippen LogP contribution in [0.25, 0.3) is 0 Å². The van der Waals surface area contributed by atoms with Gasteiger partial charge < -0.3 is 9.16 Å². The lowest BCUT2D eigenvalue weighted by Gasteiger charge is -2.39. The van der Waals surface area contributed by atoms with Crippen molar-refractivity contribution in [3.63, 3.8) is 0 Å². The molecule has 0 amide bonds. The Bertz CT molecular complexity index is 745. The maximum atomic E-state index is 6.51. The Morgan fingerprint density at radius 2 is 1.31 bits per heavy atom. The number of benzene rings is 2. The fraction of sp³-hybridized carbons (Fsp3) is 0.571. The maximum Gasteiger partial charge on any atom is 0.191 e.